The first-order chi connectivity index (χ1) is 14.4. The molecule has 3 N–H and O–H groups in total. The van der Waals surface area contributed by atoms with Gasteiger partial charge in [0.1, 0.15) is 11.6 Å². The van der Waals surface area contributed by atoms with E-state index in [1.54, 1.807) is 4.90 Å². The number of hydrogen-bond acceptors (Lipinski definition) is 3. The summed E-state index contributed by atoms with van der Waals surface area (Å²) < 4.78 is 28.2. The molecule has 0 bridgehead atoms. The molecule has 5 nitrogen and oxygen atoms in total. The fraction of sp³-hybridized carbons (Fsp3) is 0.304. The summed E-state index contributed by atoms with van der Waals surface area (Å²) >= 11 is 0. The number of amides is 2. The molecule has 2 aliphatic rings. The Balaban J connectivity index is 1.66. The Kier molecular flexibility index (Phi) is 5.63. The predicted octanol–water partition coefficient (Wildman–Crippen LogP) is 2.79. The van der Waals surface area contributed by atoms with Gasteiger partial charge in [0.25, 0.3) is 0 Å². The van der Waals surface area contributed by atoms with Gasteiger partial charge in [-0.25, -0.2) is 8.78 Å². The van der Waals surface area contributed by atoms with Crippen molar-refractivity contribution in [3.63, 3.8) is 0 Å². The molecule has 2 aromatic rings. The lowest BCUT2D eigenvalue weighted by molar-refractivity contribution is -0.134. The van der Waals surface area contributed by atoms with Gasteiger partial charge >= 0.3 is 0 Å². The van der Waals surface area contributed by atoms with Gasteiger partial charge in [0.15, 0.2) is 0 Å². The van der Waals surface area contributed by atoms with Crippen LogP contribution >= 0.6 is 0 Å². The van der Waals surface area contributed by atoms with Crippen molar-refractivity contribution >= 4 is 17.4 Å². The number of nitrogens with one attached hydrogen (secondary N) is 1. The van der Waals surface area contributed by atoms with E-state index in [1.165, 1.54) is 0 Å². The van der Waals surface area contributed by atoms with E-state index in [2.05, 4.69) is 5.32 Å². The molecule has 2 atom stereocenters. The van der Waals surface area contributed by atoms with Crippen LogP contribution in [0.3, 0.4) is 0 Å². The Morgan fingerprint density at radius 1 is 1.13 bits per heavy atom. The van der Waals surface area contributed by atoms with E-state index in [4.69, 9.17) is 5.73 Å². The Morgan fingerprint density at radius 2 is 1.87 bits per heavy atom. The molecule has 156 valence electrons. The lowest BCUT2D eigenvalue weighted by Crippen LogP contribution is -2.50. The third-order valence-electron chi connectivity index (χ3n) is 5.59. The summed E-state index contributed by atoms with van der Waals surface area (Å²) in [4.78, 5) is 26.4. The van der Waals surface area contributed by atoms with Crippen molar-refractivity contribution in [2.45, 2.75) is 24.9 Å². The largest absolute Gasteiger partial charge is 0.369 e. The SMILES string of the molecule is NC(=O)CN[C@H](C(=O)N1CC(c2cc(F)ccc2F)=C[C@H]1c1ccccc1)C1CC1. The van der Waals surface area contributed by atoms with Crippen molar-refractivity contribution < 1.29 is 18.4 Å². The summed E-state index contributed by atoms with van der Waals surface area (Å²) in [5.41, 5.74) is 6.83. The van der Waals surface area contributed by atoms with Crippen LogP contribution in [0.15, 0.2) is 54.6 Å². The van der Waals surface area contributed by atoms with E-state index in [-0.39, 0.29) is 30.5 Å². The van der Waals surface area contributed by atoms with Gasteiger partial charge in [-0.1, -0.05) is 36.4 Å². The lowest BCUT2D eigenvalue weighted by Gasteiger charge is -2.30. The van der Waals surface area contributed by atoms with Crippen LogP contribution in [0.2, 0.25) is 0 Å². The Hall–Kier alpha value is -3.06. The predicted molar refractivity (Wildman–Crippen MR) is 109 cm³/mol. The highest BCUT2D eigenvalue weighted by molar-refractivity contribution is 5.88. The molecule has 7 heteroatoms. The molecule has 1 heterocycles. The van der Waals surface area contributed by atoms with Gasteiger partial charge in [0.05, 0.1) is 18.6 Å². The van der Waals surface area contributed by atoms with Gasteiger partial charge in [-0.2, -0.15) is 0 Å². The minimum absolute atomic E-state index is 0.0877. The molecule has 2 aromatic carbocycles. The number of benzene rings is 2. The zero-order chi connectivity index (χ0) is 21.3. The molecule has 0 spiro atoms. The van der Waals surface area contributed by atoms with E-state index in [1.807, 2.05) is 36.4 Å². The maximum Gasteiger partial charge on any atom is 0.241 e. The van der Waals surface area contributed by atoms with Crippen molar-refractivity contribution in [3.05, 3.63) is 77.4 Å². The van der Waals surface area contributed by atoms with Gasteiger partial charge in [0.2, 0.25) is 11.8 Å². The molecule has 1 aliphatic carbocycles. The smallest absolute Gasteiger partial charge is 0.241 e. The maximum absolute atomic E-state index is 14.4. The normalized spacial score (nSPS) is 19.5. The van der Waals surface area contributed by atoms with Gasteiger partial charge in [0, 0.05) is 12.1 Å². The quantitative estimate of drug-likeness (QED) is 0.736. The molecule has 0 radical (unpaired) electrons. The number of carbonyl (C=O) groups excluding carboxylic acids is 2. The molecule has 30 heavy (non-hydrogen) atoms. The third-order valence-corrected chi connectivity index (χ3v) is 5.59. The molecule has 2 amide bonds. The highest BCUT2D eigenvalue weighted by atomic mass is 19.1. The van der Waals surface area contributed by atoms with Gasteiger partial charge in [-0.3, -0.25) is 14.9 Å². The first-order valence-electron chi connectivity index (χ1n) is 9.97. The van der Waals surface area contributed by atoms with E-state index in [0.717, 1.165) is 36.6 Å². The number of nitrogens with two attached hydrogens (primary N) is 1. The highest BCUT2D eigenvalue weighted by Gasteiger charge is 2.41. The number of hydrogen-bond donors (Lipinski definition) is 2. The molecule has 1 saturated carbocycles. The van der Waals surface area contributed by atoms with Crippen molar-refractivity contribution in [1.82, 2.24) is 10.2 Å². The fourth-order valence-electron chi connectivity index (χ4n) is 3.95. The van der Waals surface area contributed by atoms with Gasteiger partial charge in [-0.15, -0.1) is 0 Å². The lowest BCUT2D eigenvalue weighted by atomic mass is 10.0. The van der Waals surface area contributed by atoms with Crippen LogP contribution in [0.4, 0.5) is 8.78 Å². The Morgan fingerprint density at radius 3 is 2.53 bits per heavy atom. The molecule has 4 rings (SSSR count). The van der Waals surface area contributed by atoms with Crippen LogP contribution in [-0.4, -0.2) is 35.8 Å². The van der Waals surface area contributed by atoms with Crippen LogP contribution in [0, 0.1) is 17.6 Å². The first-order valence-corrected chi connectivity index (χ1v) is 9.97. The van der Waals surface area contributed by atoms with Crippen LogP contribution in [0.1, 0.15) is 30.0 Å². The maximum atomic E-state index is 14.4. The summed E-state index contributed by atoms with van der Waals surface area (Å²) in [5, 5.41) is 2.98. The van der Waals surface area contributed by atoms with Crippen molar-refractivity contribution in [2.75, 3.05) is 13.1 Å². The van der Waals surface area contributed by atoms with Crippen molar-refractivity contribution in [1.29, 1.82) is 0 Å². The summed E-state index contributed by atoms with van der Waals surface area (Å²) in [6, 6.07) is 11.8. The highest BCUT2D eigenvalue weighted by Crippen LogP contribution is 2.39. The number of nitrogens with zero attached hydrogens (tertiary/aromatic N) is 1. The molecular weight excluding hydrogens is 388 g/mol. The number of primary amides is 1. The Bertz CT molecular complexity index is 989. The van der Waals surface area contributed by atoms with E-state index >= 15 is 0 Å². The second kappa shape index (κ2) is 8.36. The first kappa shape index (κ1) is 20.2. The molecule has 1 fully saturated rings. The zero-order valence-corrected chi connectivity index (χ0v) is 16.4. The molecule has 0 unspecified atom stereocenters. The minimum Gasteiger partial charge on any atom is -0.369 e. The average Bonchev–Trinajstić information content (AvgIpc) is 3.47. The van der Waals surface area contributed by atoms with Gasteiger partial charge < -0.3 is 10.6 Å². The van der Waals surface area contributed by atoms with Gasteiger partial charge in [-0.05, 0) is 48.1 Å². The molecule has 0 saturated heterocycles. The van der Waals surface area contributed by atoms with E-state index in [9.17, 15) is 18.4 Å². The number of carbonyl (C=O) groups is 2. The van der Waals surface area contributed by atoms with Crippen LogP contribution in [0.5, 0.6) is 0 Å². The second-order valence-electron chi connectivity index (χ2n) is 7.80. The fourth-order valence-corrected chi connectivity index (χ4v) is 3.95. The topological polar surface area (TPSA) is 75.4 Å². The van der Waals surface area contributed by atoms with E-state index < -0.39 is 29.6 Å². The zero-order valence-electron chi connectivity index (χ0n) is 16.4. The summed E-state index contributed by atoms with van der Waals surface area (Å²) in [6.07, 6.45) is 3.60. The van der Waals surface area contributed by atoms with Crippen LogP contribution in [0.25, 0.3) is 5.57 Å². The monoisotopic (exact) mass is 411 g/mol. The summed E-state index contributed by atoms with van der Waals surface area (Å²) in [7, 11) is 0. The number of rotatable bonds is 7. The standard InChI is InChI=1S/C23H23F2N3O2/c24-17-8-9-19(25)18(11-17)16-10-20(14-4-2-1-3-5-14)28(13-16)23(30)22(15-6-7-15)27-12-21(26)29/h1-5,8-11,15,20,22,27H,6-7,12-13H2,(H2,26,29)/t20-,22-/m0/s1. The van der Waals surface area contributed by atoms with Crippen molar-refractivity contribution in [2.24, 2.45) is 11.7 Å². The third kappa shape index (κ3) is 4.26. The Labute approximate surface area is 173 Å². The second-order valence-corrected chi connectivity index (χ2v) is 7.80. The number of halogens is 2. The molecule has 1 aliphatic heterocycles. The van der Waals surface area contributed by atoms with Crippen LogP contribution < -0.4 is 11.1 Å². The summed E-state index contributed by atoms with van der Waals surface area (Å²) in [6.45, 7) is 0.0653. The van der Waals surface area contributed by atoms with E-state index in [0.29, 0.717) is 5.57 Å². The molecule has 0 aromatic heterocycles. The molecular formula is C23H23F2N3O2. The minimum atomic E-state index is -0.535. The summed E-state index contributed by atoms with van der Waals surface area (Å²) in [5.74, 6) is -1.63. The average molecular weight is 411 g/mol. The van der Waals surface area contributed by atoms with Crippen LogP contribution in [-0.2, 0) is 9.59 Å². The van der Waals surface area contributed by atoms with Crippen molar-refractivity contribution in [3.8, 4) is 0 Å².